The summed E-state index contributed by atoms with van der Waals surface area (Å²) < 4.78 is 10.6. The maximum absolute atomic E-state index is 12.1. The lowest BCUT2D eigenvalue weighted by molar-refractivity contribution is -0.111. The Hall–Kier alpha value is -3.32. The molecule has 138 valence electrons. The Morgan fingerprint density at radius 1 is 1.15 bits per heavy atom. The molecular formula is C20H19N3O3S. The quantitative estimate of drug-likeness (QED) is 0.497. The summed E-state index contributed by atoms with van der Waals surface area (Å²) in [5.41, 5.74) is 7.84. The van der Waals surface area contributed by atoms with E-state index in [1.54, 1.807) is 38.6 Å². The molecule has 2 aromatic carbocycles. The zero-order chi connectivity index (χ0) is 19.2. The van der Waals surface area contributed by atoms with Crippen molar-refractivity contribution < 1.29 is 14.3 Å². The maximum Gasteiger partial charge on any atom is 0.248 e. The van der Waals surface area contributed by atoms with Crippen molar-refractivity contribution in [2.24, 2.45) is 0 Å². The van der Waals surface area contributed by atoms with E-state index in [2.05, 4.69) is 10.3 Å². The van der Waals surface area contributed by atoms with Gasteiger partial charge < -0.3 is 20.5 Å². The number of carbonyl (C=O) groups is 1. The molecule has 27 heavy (non-hydrogen) atoms. The second-order valence-electron chi connectivity index (χ2n) is 5.55. The predicted octanol–water partition coefficient (Wildman–Crippen LogP) is 4.06. The smallest absolute Gasteiger partial charge is 0.248 e. The molecule has 0 unspecified atom stereocenters. The molecular weight excluding hydrogens is 362 g/mol. The molecule has 0 spiro atoms. The Balaban J connectivity index is 1.71. The number of nitrogen functional groups attached to an aromatic ring is 1. The van der Waals surface area contributed by atoms with E-state index < -0.39 is 0 Å². The Morgan fingerprint density at radius 3 is 2.67 bits per heavy atom. The Morgan fingerprint density at radius 2 is 1.93 bits per heavy atom. The van der Waals surface area contributed by atoms with Gasteiger partial charge in [0, 0.05) is 22.7 Å². The minimum atomic E-state index is -0.256. The number of hydrogen-bond donors (Lipinski definition) is 2. The van der Waals surface area contributed by atoms with Gasteiger partial charge in [-0.1, -0.05) is 12.1 Å². The first-order valence-corrected chi connectivity index (χ1v) is 8.94. The lowest BCUT2D eigenvalue weighted by Crippen LogP contribution is -2.09. The molecule has 0 radical (unpaired) electrons. The second kappa shape index (κ2) is 8.37. The fourth-order valence-corrected chi connectivity index (χ4v) is 3.22. The van der Waals surface area contributed by atoms with Crippen LogP contribution in [0.1, 0.15) is 4.88 Å². The maximum atomic E-state index is 12.1. The van der Waals surface area contributed by atoms with Crippen LogP contribution in [0.25, 0.3) is 16.6 Å². The van der Waals surface area contributed by atoms with Crippen LogP contribution in [0, 0.1) is 0 Å². The lowest BCUT2D eigenvalue weighted by atomic mass is 10.2. The van der Waals surface area contributed by atoms with Gasteiger partial charge in [-0.25, -0.2) is 4.98 Å². The number of thiazole rings is 1. The van der Waals surface area contributed by atoms with Gasteiger partial charge in [0.1, 0.15) is 5.01 Å². The third kappa shape index (κ3) is 4.45. The summed E-state index contributed by atoms with van der Waals surface area (Å²) in [7, 11) is 3.19. The summed E-state index contributed by atoms with van der Waals surface area (Å²) in [6, 6.07) is 12.7. The summed E-state index contributed by atoms with van der Waals surface area (Å²) in [6.07, 6.45) is 4.89. The van der Waals surface area contributed by atoms with Crippen LogP contribution < -0.4 is 20.5 Å². The van der Waals surface area contributed by atoms with Gasteiger partial charge in [-0.2, -0.15) is 0 Å². The van der Waals surface area contributed by atoms with Crippen LogP contribution in [0.15, 0.2) is 54.7 Å². The summed E-state index contributed by atoms with van der Waals surface area (Å²) in [5, 5.41) is 3.57. The van der Waals surface area contributed by atoms with Gasteiger partial charge in [0.05, 0.1) is 25.6 Å². The monoisotopic (exact) mass is 381 g/mol. The molecule has 0 bridgehead atoms. The number of nitrogens with zero attached hydrogens (tertiary/aromatic N) is 1. The summed E-state index contributed by atoms with van der Waals surface area (Å²) in [5.74, 6) is 1.05. The van der Waals surface area contributed by atoms with Crippen molar-refractivity contribution in [1.29, 1.82) is 0 Å². The van der Waals surface area contributed by atoms with Crippen LogP contribution in [-0.2, 0) is 4.79 Å². The number of amides is 1. The fourth-order valence-electron chi connectivity index (χ4n) is 2.41. The van der Waals surface area contributed by atoms with Crippen molar-refractivity contribution in [3.05, 3.63) is 59.6 Å². The zero-order valence-corrected chi connectivity index (χ0v) is 15.7. The van der Waals surface area contributed by atoms with Crippen molar-refractivity contribution in [1.82, 2.24) is 4.98 Å². The number of anilines is 2. The minimum Gasteiger partial charge on any atom is -0.493 e. The highest BCUT2D eigenvalue weighted by molar-refractivity contribution is 7.15. The molecule has 1 heterocycles. The average Bonchev–Trinajstić information content (AvgIpc) is 3.16. The van der Waals surface area contributed by atoms with E-state index in [9.17, 15) is 4.79 Å². The van der Waals surface area contributed by atoms with Crippen LogP contribution in [0.4, 0.5) is 11.4 Å². The highest BCUT2D eigenvalue weighted by atomic mass is 32.1. The van der Waals surface area contributed by atoms with Gasteiger partial charge in [-0.05, 0) is 36.4 Å². The van der Waals surface area contributed by atoms with E-state index >= 15 is 0 Å². The zero-order valence-electron chi connectivity index (χ0n) is 14.9. The SMILES string of the molecule is COc1ccc(-c2ncc(/C=C/C(=O)Nc3ccccc3N)s2)cc1OC. The van der Waals surface area contributed by atoms with Crippen molar-refractivity contribution in [2.75, 3.05) is 25.3 Å². The number of benzene rings is 2. The molecule has 0 saturated heterocycles. The normalized spacial score (nSPS) is 10.7. The molecule has 0 aliphatic rings. The average molecular weight is 381 g/mol. The van der Waals surface area contributed by atoms with E-state index in [0.717, 1.165) is 15.4 Å². The van der Waals surface area contributed by atoms with Gasteiger partial charge in [0.15, 0.2) is 11.5 Å². The van der Waals surface area contributed by atoms with Gasteiger partial charge in [-0.3, -0.25) is 4.79 Å². The number of para-hydroxylation sites is 2. The molecule has 0 aliphatic carbocycles. The third-order valence-corrected chi connectivity index (χ3v) is 4.78. The largest absolute Gasteiger partial charge is 0.493 e. The number of rotatable bonds is 6. The highest BCUT2D eigenvalue weighted by Gasteiger charge is 2.09. The standard InChI is InChI=1S/C20H19N3O3S/c1-25-17-9-7-13(11-18(17)26-2)20-22-12-14(27-20)8-10-19(24)23-16-6-4-3-5-15(16)21/h3-12H,21H2,1-2H3,(H,23,24)/b10-8+. The first kappa shape index (κ1) is 18.5. The lowest BCUT2D eigenvalue weighted by Gasteiger charge is -2.08. The van der Waals surface area contributed by atoms with E-state index in [-0.39, 0.29) is 5.91 Å². The van der Waals surface area contributed by atoms with E-state index in [1.807, 2.05) is 30.3 Å². The molecule has 0 fully saturated rings. The van der Waals surface area contributed by atoms with Gasteiger partial charge in [0.2, 0.25) is 5.91 Å². The number of aromatic nitrogens is 1. The number of nitrogens with two attached hydrogens (primary N) is 1. The summed E-state index contributed by atoms with van der Waals surface area (Å²) in [6.45, 7) is 0. The summed E-state index contributed by atoms with van der Waals surface area (Å²) >= 11 is 1.47. The Labute approximate surface area is 161 Å². The molecule has 0 aliphatic heterocycles. The molecule has 3 aromatic rings. The van der Waals surface area contributed by atoms with Crippen LogP contribution in [0.3, 0.4) is 0 Å². The van der Waals surface area contributed by atoms with Crippen LogP contribution in [0.5, 0.6) is 11.5 Å². The molecule has 0 saturated carbocycles. The topological polar surface area (TPSA) is 86.5 Å². The van der Waals surface area contributed by atoms with Gasteiger partial charge in [-0.15, -0.1) is 11.3 Å². The number of methoxy groups -OCH3 is 2. The van der Waals surface area contributed by atoms with E-state index in [4.69, 9.17) is 15.2 Å². The number of ether oxygens (including phenoxy) is 2. The Bertz CT molecular complexity index is 982. The van der Waals surface area contributed by atoms with Crippen molar-refractivity contribution in [3.8, 4) is 22.1 Å². The minimum absolute atomic E-state index is 0.256. The fraction of sp³-hybridized carbons (Fsp3) is 0.100. The van der Waals surface area contributed by atoms with Crippen molar-refractivity contribution >= 4 is 34.7 Å². The number of nitrogens with one attached hydrogen (secondary N) is 1. The molecule has 1 aromatic heterocycles. The first-order chi connectivity index (χ1) is 13.1. The van der Waals surface area contributed by atoms with Crippen molar-refractivity contribution in [3.63, 3.8) is 0 Å². The number of hydrogen-bond acceptors (Lipinski definition) is 6. The van der Waals surface area contributed by atoms with Gasteiger partial charge in [0.25, 0.3) is 0 Å². The predicted molar refractivity (Wildman–Crippen MR) is 109 cm³/mol. The first-order valence-electron chi connectivity index (χ1n) is 8.12. The Kier molecular flexibility index (Phi) is 5.73. The molecule has 6 nitrogen and oxygen atoms in total. The number of carbonyl (C=O) groups excluding carboxylic acids is 1. The van der Waals surface area contributed by atoms with Crippen LogP contribution in [-0.4, -0.2) is 25.1 Å². The second-order valence-corrected chi connectivity index (χ2v) is 6.61. The molecule has 1 amide bonds. The van der Waals surface area contributed by atoms with Crippen LogP contribution >= 0.6 is 11.3 Å². The molecule has 3 N–H and O–H groups in total. The van der Waals surface area contributed by atoms with Gasteiger partial charge >= 0.3 is 0 Å². The van der Waals surface area contributed by atoms with E-state index in [1.165, 1.54) is 17.4 Å². The third-order valence-electron chi connectivity index (χ3n) is 3.77. The van der Waals surface area contributed by atoms with E-state index in [0.29, 0.717) is 22.9 Å². The van der Waals surface area contributed by atoms with Crippen molar-refractivity contribution in [2.45, 2.75) is 0 Å². The molecule has 0 atom stereocenters. The molecule has 3 rings (SSSR count). The highest BCUT2D eigenvalue weighted by Crippen LogP contribution is 2.34. The molecule has 7 heteroatoms. The summed E-state index contributed by atoms with van der Waals surface area (Å²) in [4.78, 5) is 17.3. The van der Waals surface area contributed by atoms with Crippen LogP contribution in [0.2, 0.25) is 0 Å².